The Hall–Kier alpha value is -3.51. The van der Waals surface area contributed by atoms with E-state index in [0.29, 0.717) is 22.1 Å². The summed E-state index contributed by atoms with van der Waals surface area (Å²) in [5.74, 6) is -0.446. The topological polar surface area (TPSA) is 54.0 Å². The van der Waals surface area contributed by atoms with Gasteiger partial charge < -0.3 is 10.6 Å². The van der Waals surface area contributed by atoms with Crippen molar-refractivity contribution in [2.75, 3.05) is 10.6 Å². The summed E-state index contributed by atoms with van der Waals surface area (Å²) in [6.07, 6.45) is 0. The highest BCUT2D eigenvalue weighted by atomic mass is 32.1. The molecule has 28 heavy (non-hydrogen) atoms. The second-order valence-corrected chi connectivity index (χ2v) is 6.93. The number of nitrogens with one attached hydrogen (secondary N) is 2. The van der Waals surface area contributed by atoms with E-state index in [1.807, 2.05) is 47.8 Å². The Morgan fingerprint density at radius 2 is 1.68 bits per heavy atom. The average Bonchev–Trinajstić information content (AvgIpc) is 3.18. The van der Waals surface area contributed by atoms with E-state index in [0.717, 1.165) is 11.3 Å². The molecule has 0 saturated carbocycles. The van der Waals surface area contributed by atoms with Gasteiger partial charge in [0.1, 0.15) is 5.82 Å². The standard InChI is InChI=1S/C22H16FN3OS/c23-17-7-4-8-19(13-17)25-22-26-20(14-28-22)15-9-11-18(12-10-15)24-21(27)16-5-2-1-3-6-16/h1-14H,(H,24,27)(H,25,26). The molecule has 0 atom stereocenters. The molecule has 4 aromatic rings. The molecule has 1 aromatic heterocycles. The lowest BCUT2D eigenvalue weighted by Crippen LogP contribution is -2.11. The minimum absolute atomic E-state index is 0.149. The fraction of sp³-hybridized carbons (Fsp3) is 0. The number of carbonyl (C=O) groups excluding carboxylic acids is 1. The zero-order valence-electron chi connectivity index (χ0n) is 14.7. The Kier molecular flexibility index (Phi) is 5.12. The molecule has 6 heteroatoms. The molecule has 0 radical (unpaired) electrons. The first-order valence-corrected chi connectivity index (χ1v) is 9.50. The molecule has 0 aliphatic heterocycles. The van der Waals surface area contributed by atoms with E-state index in [4.69, 9.17) is 0 Å². The van der Waals surface area contributed by atoms with Crippen LogP contribution in [0.3, 0.4) is 0 Å². The van der Waals surface area contributed by atoms with E-state index in [2.05, 4.69) is 15.6 Å². The van der Waals surface area contributed by atoms with Gasteiger partial charge in [-0.1, -0.05) is 36.4 Å². The maximum absolute atomic E-state index is 13.3. The molecule has 0 spiro atoms. The molecule has 0 aliphatic rings. The summed E-state index contributed by atoms with van der Waals surface area (Å²) in [5.41, 5.74) is 3.72. The number of thiazole rings is 1. The van der Waals surface area contributed by atoms with Crippen LogP contribution in [0.1, 0.15) is 10.4 Å². The summed E-state index contributed by atoms with van der Waals surface area (Å²) in [5, 5.41) is 8.59. The molecule has 0 unspecified atom stereocenters. The molecule has 3 aromatic carbocycles. The van der Waals surface area contributed by atoms with Crippen molar-refractivity contribution >= 4 is 33.8 Å². The lowest BCUT2D eigenvalue weighted by molar-refractivity contribution is 0.102. The van der Waals surface area contributed by atoms with Crippen LogP contribution in [0.15, 0.2) is 84.2 Å². The number of rotatable bonds is 5. The molecular formula is C22H16FN3OS. The monoisotopic (exact) mass is 389 g/mol. The first-order chi connectivity index (χ1) is 13.7. The van der Waals surface area contributed by atoms with Gasteiger partial charge in [0.15, 0.2) is 5.13 Å². The minimum Gasteiger partial charge on any atom is -0.331 e. The fourth-order valence-corrected chi connectivity index (χ4v) is 3.41. The number of nitrogens with zero attached hydrogens (tertiary/aromatic N) is 1. The molecule has 1 heterocycles. The smallest absolute Gasteiger partial charge is 0.255 e. The number of carbonyl (C=O) groups is 1. The Morgan fingerprint density at radius 3 is 2.43 bits per heavy atom. The number of anilines is 3. The summed E-state index contributed by atoms with van der Waals surface area (Å²) in [7, 11) is 0. The second kappa shape index (κ2) is 8.02. The Morgan fingerprint density at radius 1 is 0.893 bits per heavy atom. The van der Waals surface area contributed by atoms with Crippen LogP contribution in [0, 0.1) is 5.82 Å². The minimum atomic E-state index is -0.296. The maximum atomic E-state index is 13.3. The largest absolute Gasteiger partial charge is 0.331 e. The van der Waals surface area contributed by atoms with Gasteiger partial charge >= 0.3 is 0 Å². The summed E-state index contributed by atoms with van der Waals surface area (Å²) in [4.78, 5) is 16.8. The number of benzene rings is 3. The molecule has 0 bridgehead atoms. The highest BCUT2D eigenvalue weighted by Crippen LogP contribution is 2.28. The van der Waals surface area contributed by atoms with Crippen molar-refractivity contribution < 1.29 is 9.18 Å². The Labute approximate surface area is 165 Å². The van der Waals surface area contributed by atoms with Gasteiger partial charge in [0.2, 0.25) is 0 Å². The van der Waals surface area contributed by atoms with Gasteiger partial charge in [0.25, 0.3) is 5.91 Å². The Bertz CT molecular complexity index is 1090. The molecule has 1 amide bonds. The van der Waals surface area contributed by atoms with Crippen LogP contribution in [0.4, 0.5) is 20.9 Å². The van der Waals surface area contributed by atoms with E-state index in [-0.39, 0.29) is 11.7 Å². The van der Waals surface area contributed by atoms with Gasteiger partial charge in [0.05, 0.1) is 5.69 Å². The van der Waals surface area contributed by atoms with Gasteiger partial charge in [-0.3, -0.25) is 4.79 Å². The molecule has 2 N–H and O–H groups in total. The van der Waals surface area contributed by atoms with Crippen LogP contribution < -0.4 is 10.6 Å². The van der Waals surface area contributed by atoms with Crippen LogP contribution in [-0.2, 0) is 0 Å². The van der Waals surface area contributed by atoms with Crippen molar-refractivity contribution in [2.45, 2.75) is 0 Å². The molecule has 4 rings (SSSR count). The summed E-state index contributed by atoms with van der Waals surface area (Å²) in [6.45, 7) is 0. The number of hydrogen-bond donors (Lipinski definition) is 2. The van der Waals surface area contributed by atoms with Crippen molar-refractivity contribution in [3.8, 4) is 11.3 Å². The van der Waals surface area contributed by atoms with E-state index >= 15 is 0 Å². The zero-order chi connectivity index (χ0) is 19.3. The maximum Gasteiger partial charge on any atom is 0.255 e. The van der Waals surface area contributed by atoms with Crippen LogP contribution in [0.5, 0.6) is 0 Å². The zero-order valence-corrected chi connectivity index (χ0v) is 15.5. The SMILES string of the molecule is O=C(Nc1ccc(-c2csc(Nc3cccc(F)c3)n2)cc1)c1ccccc1. The molecular weight excluding hydrogens is 373 g/mol. The Balaban J connectivity index is 1.44. The van der Waals surface area contributed by atoms with Gasteiger partial charge in [-0.05, 0) is 42.5 Å². The van der Waals surface area contributed by atoms with E-state index in [9.17, 15) is 9.18 Å². The fourth-order valence-electron chi connectivity index (χ4n) is 2.67. The molecule has 0 fully saturated rings. The van der Waals surface area contributed by atoms with E-state index in [1.165, 1.54) is 23.5 Å². The number of hydrogen-bond acceptors (Lipinski definition) is 4. The lowest BCUT2D eigenvalue weighted by Gasteiger charge is -2.06. The highest BCUT2D eigenvalue weighted by molar-refractivity contribution is 7.14. The highest BCUT2D eigenvalue weighted by Gasteiger charge is 2.08. The molecule has 138 valence electrons. The number of aromatic nitrogens is 1. The van der Waals surface area contributed by atoms with Gasteiger partial charge in [-0.25, -0.2) is 9.37 Å². The normalized spacial score (nSPS) is 10.5. The van der Waals surface area contributed by atoms with Crippen molar-refractivity contribution in [1.29, 1.82) is 0 Å². The first kappa shape index (κ1) is 17.9. The third-order valence-electron chi connectivity index (χ3n) is 4.05. The average molecular weight is 389 g/mol. The predicted octanol–water partition coefficient (Wildman–Crippen LogP) is 5.95. The predicted molar refractivity (Wildman–Crippen MR) is 112 cm³/mol. The third kappa shape index (κ3) is 4.24. The molecule has 0 saturated heterocycles. The summed E-state index contributed by atoms with van der Waals surface area (Å²) < 4.78 is 13.3. The van der Waals surface area contributed by atoms with Crippen molar-refractivity contribution in [1.82, 2.24) is 4.98 Å². The van der Waals surface area contributed by atoms with Gasteiger partial charge in [-0.15, -0.1) is 11.3 Å². The molecule has 0 aliphatic carbocycles. The van der Waals surface area contributed by atoms with E-state index < -0.39 is 0 Å². The van der Waals surface area contributed by atoms with Crippen molar-refractivity contribution in [3.05, 3.63) is 95.6 Å². The van der Waals surface area contributed by atoms with Gasteiger partial charge in [-0.2, -0.15) is 0 Å². The van der Waals surface area contributed by atoms with E-state index in [1.54, 1.807) is 24.3 Å². The summed E-state index contributed by atoms with van der Waals surface area (Å²) >= 11 is 1.44. The molecule has 4 nitrogen and oxygen atoms in total. The van der Waals surface area contributed by atoms with Crippen LogP contribution in [0.25, 0.3) is 11.3 Å². The van der Waals surface area contributed by atoms with Gasteiger partial charge in [0, 0.05) is 27.9 Å². The van der Waals surface area contributed by atoms with Crippen molar-refractivity contribution in [3.63, 3.8) is 0 Å². The number of halogens is 1. The second-order valence-electron chi connectivity index (χ2n) is 6.07. The summed E-state index contributed by atoms with van der Waals surface area (Å²) in [6, 6.07) is 22.8. The lowest BCUT2D eigenvalue weighted by atomic mass is 10.1. The van der Waals surface area contributed by atoms with Crippen LogP contribution >= 0.6 is 11.3 Å². The van der Waals surface area contributed by atoms with Crippen LogP contribution in [0.2, 0.25) is 0 Å². The number of amides is 1. The quantitative estimate of drug-likeness (QED) is 0.444. The third-order valence-corrected chi connectivity index (χ3v) is 4.81. The van der Waals surface area contributed by atoms with Crippen molar-refractivity contribution in [2.24, 2.45) is 0 Å². The first-order valence-electron chi connectivity index (χ1n) is 8.62. The van der Waals surface area contributed by atoms with Crippen LogP contribution in [-0.4, -0.2) is 10.9 Å².